The number of aromatic nitrogens is 4. The van der Waals surface area contributed by atoms with Crippen LogP contribution in [0.15, 0.2) is 24.4 Å². The number of hydrogen-bond acceptors (Lipinski definition) is 11. The molecule has 3 aromatic rings. The SMILES string of the molecule is CN1CCN(c2ccc(OC(F)(F)F)c(Nc3ncc4c(n3)-c3c(c(C(=O)NS(=O)(=O)C5CC5)nn3CCO)CC4)c2)CC1. The lowest BCUT2D eigenvalue weighted by Gasteiger charge is -2.34. The van der Waals surface area contributed by atoms with Gasteiger partial charge in [0.2, 0.25) is 16.0 Å². The molecule has 13 nitrogen and oxygen atoms in total. The van der Waals surface area contributed by atoms with Gasteiger partial charge >= 0.3 is 6.36 Å². The molecule has 3 aliphatic rings. The Morgan fingerprint density at radius 3 is 2.59 bits per heavy atom. The van der Waals surface area contributed by atoms with Gasteiger partial charge in [0.05, 0.1) is 35.5 Å². The molecule has 2 fully saturated rings. The minimum atomic E-state index is -4.93. The number of halogens is 3. The third-order valence-corrected chi connectivity index (χ3v) is 9.63. The lowest BCUT2D eigenvalue weighted by atomic mass is 9.93. The normalized spacial score (nSPS) is 17.2. The number of carbonyl (C=O) groups excluding carboxylic acids is 1. The highest BCUT2D eigenvalue weighted by Gasteiger charge is 2.39. The van der Waals surface area contributed by atoms with Gasteiger partial charge in [-0.3, -0.25) is 9.48 Å². The van der Waals surface area contributed by atoms with E-state index in [0.29, 0.717) is 67.0 Å². The number of likely N-dealkylation sites (N-methyl/N-ethyl adjacent to an activating group) is 1. The Kier molecular flexibility index (Phi) is 7.87. The van der Waals surface area contributed by atoms with Crippen molar-refractivity contribution in [2.24, 2.45) is 0 Å². The fourth-order valence-corrected chi connectivity index (χ4v) is 6.68. The number of carbonyl (C=O) groups is 1. The van der Waals surface area contributed by atoms with E-state index in [9.17, 15) is 31.5 Å². The quantitative estimate of drug-likeness (QED) is 0.316. The molecule has 0 radical (unpaired) electrons. The molecule has 0 spiro atoms. The molecule has 1 saturated carbocycles. The highest BCUT2D eigenvalue weighted by Crippen LogP contribution is 2.38. The highest BCUT2D eigenvalue weighted by atomic mass is 32.2. The number of anilines is 3. The molecular weight excluding hydrogens is 605 g/mol. The standard InChI is InChI=1S/C27H31F3N8O5S/c1-36-8-10-37(11-9-36)17-3-7-21(43-27(28,29)30)20(14-17)32-26-31-15-16-2-6-19-23(25(40)35-44(41,42)18-4-5-18)34-38(12-13-39)24(19)22(16)33-26/h3,7,14-15,18,39H,2,4-6,8-13H2,1H3,(H,35,40)(H,31,32,33). The van der Waals surface area contributed by atoms with E-state index in [1.54, 1.807) is 12.1 Å². The van der Waals surface area contributed by atoms with Gasteiger partial charge < -0.3 is 25.0 Å². The number of sulfonamides is 1. The van der Waals surface area contributed by atoms with Crippen LogP contribution in [-0.4, -0.2) is 95.5 Å². The maximum absolute atomic E-state index is 13.3. The molecule has 1 aliphatic heterocycles. The Bertz CT molecular complexity index is 1690. The molecule has 3 N–H and O–H groups in total. The van der Waals surface area contributed by atoms with Crippen LogP contribution in [0.4, 0.5) is 30.5 Å². The van der Waals surface area contributed by atoms with E-state index in [4.69, 9.17) is 0 Å². The molecule has 1 amide bonds. The van der Waals surface area contributed by atoms with E-state index in [1.165, 1.54) is 16.9 Å². The number of hydrogen-bond donors (Lipinski definition) is 3. The second-order valence-electron chi connectivity index (χ2n) is 11.0. The van der Waals surface area contributed by atoms with Crippen LogP contribution in [0.3, 0.4) is 0 Å². The van der Waals surface area contributed by atoms with Crippen molar-refractivity contribution in [1.82, 2.24) is 29.4 Å². The predicted octanol–water partition coefficient (Wildman–Crippen LogP) is 2.05. The Morgan fingerprint density at radius 2 is 1.91 bits per heavy atom. The summed E-state index contributed by atoms with van der Waals surface area (Å²) in [7, 11) is -1.83. The van der Waals surface area contributed by atoms with Crippen LogP contribution < -0.4 is 19.7 Å². The summed E-state index contributed by atoms with van der Waals surface area (Å²) < 4.78 is 72.5. The zero-order chi connectivity index (χ0) is 31.2. The van der Waals surface area contributed by atoms with Crippen molar-refractivity contribution in [3.05, 3.63) is 41.2 Å². The summed E-state index contributed by atoms with van der Waals surface area (Å²) in [5.41, 5.74) is 2.53. The first kappa shape index (κ1) is 30.1. The molecule has 2 aliphatic carbocycles. The van der Waals surface area contributed by atoms with Crippen molar-refractivity contribution in [1.29, 1.82) is 0 Å². The summed E-state index contributed by atoms with van der Waals surface area (Å²) >= 11 is 0. The first-order valence-electron chi connectivity index (χ1n) is 14.1. The lowest BCUT2D eigenvalue weighted by Crippen LogP contribution is -2.44. The van der Waals surface area contributed by atoms with Gasteiger partial charge in [0.1, 0.15) is 0 Å². The molecule has 236 valence electrons. The molecule has 0 bridgehead atoms. The van der Waals surface area contributed by atoms with E-state index >= 15 is 0 Å². The zero-order valence-corrected chi connectivity index (χ0v) is 24.6. The summed E-state index contributed by atoms with van der Waals surface area (Å²) in [4.78, 5) is 26.2. The lowest BCUT2D eigenvalue weighted by molar-refractivity contribution is -0.274. The van der Waals surface area contributed by atoms with E-state index in [1.807, 2.05) is 7.05 Å². The summed E-state index contributed by atoms with van der Waals surface area (Å²) in [6.45, 7) is 2.66. The smallest absolute Gasteiger partial charge is 0.404 e. The van der Waals surface area contributed by atoms with Crippen LogP contribution in [0.25, 0.3) is 11.4 Å². The molecule has 0 atom stereocenters. The molecule has 17 heteroatoms. The summed E-state index contributed by atoms with van der Waals surface area (Å²) in [5.74, 6) is -1.35. The third kappa shape index (κ3) is 6.30. The fraction of sp³-hybridized carbons (Fsp3) is 0.481. The number of fused-ring (bicyclic) bond motifs is 3. The van der Waals surface area contributed by atoms with Crippen molar-refractivity contribution < 1.29 is 36.2 Å². The second-order valence-corrected chi connectivity index (χ2v) is 13.0. The van der Waals surface area contributed by atoms with Crippen molar-refractivity contribution in [2.45, 2.75) is 43.8 Å². The minimum Gasteiger partial charge on any atom is -0.404 e. The average molecular weight is 637 g/mol. The van der Waals surface area contributed by atoms with E-state index in [2.05, 4.69) is 39.6 Å². The number of ether oxygens (including phenoxy) is 1. The van der Waals surface area contributed by atoms with Gasteiger partial charge in [-0.25, -0.2) is 23.1 Å². The number of piperazine rings is 1. The average Bonchev–Trinajstić information content (AvgIpc) is 3.76. The number of aryl methyl sites for hydroxylation is 1. The maximum Gasteiger partial charge on any atom is 0.573 e. The molecule has 6 rings (SSSR count). The number of nitrogens with zero attached hydrogens (tertiary/aromatic N) is 6. The number of benzene rings is 1. The van der Waals surface area contributed by atoms with E-state index < -0.39 is 33.3 Å². The highest BCUT2D eigenvalue weighted by molar-refractivity contribution is 7.91. The van der Waals surface area contributed by atoms with Crippen molar-refractivity contribution in [3.8, 4) is 17.1 Å². The summed E-state index contributed by atoms with van der Waals surface area (Å²) in [6, 6.07) is 4.37. The monoisotopic (exact) mass is 636 g/mol. The van der Waals surface area contributed by atoms with Crippen molar-refractivity contribution in [2.75, 3.05) is 50.1 Å². The summed E-state index contributed by atoms with van der Waals surface area (Å²) in [6.07, 6.45) is -1.69. The third-order valence-electron chi connectivity index (χ3n) is 7.81. The number of aliphatic hydroxyl groups excluding tert-OH is 1. The van der Waals surface area contributed by atoms with Gasteiger partial charge in [0.15, 0.2) is 11.4 Å². The zero-order valence-electron chi connectivity index (χ0n) is 23.8. The van der Waals surface area contributed by atoms with Crippen molar-refractivity contribution in [3.63, 3.8) is 0 Å². The second kappa shape index (κ2) is 11.5. The number of amides is 1. The summed E-state index contributed by atoms with van der Waals surface area (Å²) in [5, 5.41) is 16.3. The van der Waals surface area contributed by atoms with Crippen molar-refractivity contribution >= 4 is 33.3 Å². The van der Waals surface area contributed by atoms with Gasteiger partial charge in [-0.2, -0.15) is 5.10 Å². The van der Waals surface area contributed by atoms with Gasteiger partial charge in [0.25, 0.3) is 5.91 Å². The molecule has 0 unspecified atom stereocenters. The molecule has 1 saturated heterocycles. The van der Waals surface area contributed by atoms with E-state index in [0.717, 1.165) is 13.1 Å². The first-order chi connectivity index (χ1) is 20.9. The number of nitrogens with one attached hydrogen (secondary N) is 2. The minimum absolute atomic E-state index is 0.00366. The maximum atomic E-state index is 13.3. The van der Waals surface area contributed by atoms with Gasteiger partial charge in [0, 0.05) is 43.6 Å². The predicted molar refractivity (Wildman–Crippen MR) is 153 cm³/mol. The number of aliphatic hydroxyl groups is 1. The first-order valence-corrected chi connectivity index (χ1v) is 15.7. The Balaban J connectivity index is 1.35. The van der Waals surface area contributed by atoms with Gasteiger partial charge in [-0.15, -0.1) is 13.2 Å². The molecule has 2 aromatic heterocycles. The Hall–Kier alpha value is -3.96. The van der Waals surface area contributed by atoms with Crippen LogP contribution in [0, 0.1) is 0 Å². The van der Waals surface area contributed by atoms with Crippen LogP contribution in [0.5, 0.6) is 5.75 Å². The molecular formula is C27H31F3N8O5S. The van der Waals surface area contributed by atoms with Crippen LogP contribution >= 0.6 is 0 Å². The van der Waals surface area contributed by atoms with Crippen LogP contribution in [0.2, 0.25) is 0 Å². The molecule has 1 aromatic carbocycles. The molecule has 44 heavy (non-hydrogen) atoms. The largest absolute Gasteiger partial charge is 0.573 e. The van der Waals surface area contributed by atoms with Crippen LogP contribution in [0.1, 0.15) is 34.5 Å². The Morgan fingerprint density at radius 1 is 1.16 bits per heavy atom. The number of rotatable bonds is 9. The fourth-order valence-electron chi connectivity index (χ4n) is 5.40. The Labute approximate surface area is 251 Å². The van der Waals surface area contributed by atoms with Gasteiger partial charge in [-0.05, 0) is 56.5 Å². The topological polar surface area (TPSA) is 155 Å². The van der Waals surface area contributed by atoms with E-state index in [-0.39, 0.29) is 30.5 Å². The molecule has 3 heterocycles. The number of alkyl halides is 3. The van der Waals surface area contributed by atoms with Gasteiger partial charge in [-0.1, -0.05) is 0 Å². The van der Waals surface area contributed by atoms with Crippen LogP contribution in [-0.2, 0) is 29.4 Å².